The van der Waals surface area contributed by atoms with Gasteiger partial charge in [-0.3, -0.25) is 9.80 Å². The first-order valence-corrected chi connectivity index (χ1v) is 11.8. The molecule has 10 heteroatoms. The summed E-state index contributed by atoms with van der Waals surface area (Å²) >= 11 is 6.42. The predicted octanol–water partition coefficient (Wildman–Crippen LogP) is 4.86. The van der Waals surface area contributed by atoms with Gasteiger partial charge in [0.25, 0.3) is 0 Å². The van der Waals surface area contributed by atoms with Crippen LogP contribution in [0.1, 0.15) is 43.2 Å². The molecule has 182 valence electrons. The van der Waals surface area contributed by atoms with Crippen molar-refractivity contribution in [2.24, 2.45) is 5.92 Å². The molecule has 1 unspecified atom stereocenters. The normalized spacial score (nSPS) is 23.8. The zero-order valence-electron chi connectivity index (χ0n) is 19.4. The molecule has 7 nitrogen and oxygen atoms in total. The second-order valence-electron chi connectivity index (χ2n) is 9.34. The zero-order chi connectivity index (χ0) is 23.6. The number of anilines is 2. The third-order valence-electron chi connectivity index (χ3n) is 6.70. The topological polar surface area (TPSA) is 66.7 Å². The maximum Gasteiger partial charge on any atom is 0.320 e. The van der Waals surface area contributed by atoms with Gasteiger partial charge in [0.1, 0.15) is 6.61 Å². The lowest BCUT2D eigenvalue weighted by Crippen LogP contribution is -2.52. The van der Waals surface area contributed by atoms with Crippen LogP contribution in [0, 0.1) is 12.8 Å². The van der Waals surface area contributed by atoms with E-state index in [0.29, 0.717) is 23.4 Å². The Labute approximate surface area is 198 Å². The summed E-state index contributed by atoms with van der Waals surface area (Å²) in [5.74, 6) is -1.97. The van der Waals surface area contributed by atoms with Crippen LogP contribution >= 0.6 is 11.6 Å². The second kappa shape index (κ2) is 10.2. The van der Waals surface area contributed by atoms with Crippen LogP contribution in [-0.2, 0) is 17.9 Å². The summed E-state index contributed by atoms with van der Waals surface area (Å²) in [6, 6.07) is 4.45. The Morgan fingerprint density at radius 2 is 2.12 bits per heavy atom. The van der Waals surface area contributed by atoms with Crippen molar-refractivity contribution in [1.29, 1.82) is 0 Å². The molecule has 0 radical (unpaired) electrons. The summed E-state index contributed by atoms with van der Waals surface area (Å²) in [5, 5.41) is 11.7. The molecule has 2 aliphatic rings. The third-order valence-corrected chi connectivity index (χ3v) is 6.92. The van der Waals surface area contributed by atoms with E-state index in [4.69, 9.17) is 20.8 Å². The van der Waals surface area contributed by atoms with E-state index in [1.165, 1.54) is 0 Å². The number of rotatable bonds is 8. The van der Waals surface area contributed by atoms with Crippen molar-refractivity contribution in [2.75, 3.05) is 38.6 Å². The Kier molecular flexibility index (Phi) is 7.53. The average Bonchev–Trinajstić information content (AvgIpc) is 3.33. The van der Waals surface area contributed by atoms with Gasteiger partial charge in [-0.05, 0) is 49.4 Å². The minimum atomic E-state index is -2.47. The molecule has 0 bridgehead atoms. The highest BCUT2D eigenvalue weighted by molar-refractivity contribution is 6.31. The minimum Gasteiger partial charge on any atom is -0.405 e. The van der Waals surface area contributed by atoms with Crippen LogP contribution in [0.3, 0.4) is 0 Å². The van der Waals surface area contributed by atoms with Gasteiger partial charge in [-0.1, -0.05) is 16.7 Å². The Balaban J connectivity index is 1.37. The first-order chi connectivity index (χ1) is 15.7. The van der Waals surface area contributed by atoms with E-state index < -0.39 is 5.92 Å². The van der Waals surface area contributed by atoms with Crippen LogP contribution in [-0.4, -0.2) is 65.3 Å². The average molecular weight is 484 g/mol. The van der Waals surface area contributed by atoms with E-state index >= 15 is 0 Å². The number of benzene rings is 1. The summed E-state index contributed by atoms with van der Waals surface area (Å²) in [5.41, 5.74) is 3.01. The van der Waals surface area contributed by atoms with Gasteiger partial charge in [-0.15, -0.1) is 5.10 Å². The molecular formula is C23H32ClF2N5O2. The highest BCUT2D eigenvalue weighted by atomic mass is 35.5. The van der Waals surface area contributed by atoms with Crippen molar-refractivity contribution in [1.82, 2.24) is 20.0 Å². The molecule has 1 aromatic carbocycles. The number of halogens is 3. The first-order valence-electron chi connectivity index (χ1n) is 11.4. The van der Waals surface area contributed by atoms with Crippen LogP contribution in [0.15, 0.2) is 16.5 Å². The minimum absolute atomic E-state index is 0.0322. The highest BCUT2D eigenvalue weighted by Gasteiger charge is 2.40. The molecule has 1 aliphatic carbocycles. The van der Waals surface area contributed by atoms with Crippen LogP contribution in [0.2, 0.25) is 5.02 Å². The lowest BCUT2D eigenvalue weighted by molar-refractivity contribution is 0.000355. The standard InChI is InChI=1S/C23H32ClF2N5O2/c1-15-11-30(6-7-31(15)12-17-4-5-23(25,26)10-17)13-18-8-19(24)9-20(16(18)2)27-22-29-28-21(33-22)14-32-3/h8-9,15,17H,4-7,10-14H2,1-3H3,(H,27,29)/t15-,17?/m0/s1. The van der Waals surface area contributed by atoms with Crippen LogP contribution in [0.5, 0.6) is 0 Å². The van der Waals surface area contributed by atoms with Crippen LogP contribution in [0.4, 0.5) is 20.5 Å². The molecule has 0 spiro atoms. The molecule has 4 rings (SSSR count). The number of methoxy groups -OCH3 is 1. The maximum atomic E-state index is 13.6. The van der Waals surface area contributed by atoms with Gasteiger partial charge in [-0.25, -0.2) is 8.78 Å². The molecule has 1 N–H and O–H groups in total. The van der Waals surface area contributed by atoms with Gasteiger partial charge in [0.2, 0.25) is 11.8 Å². The fourth-order valence-electron chi connectivity index (χ4n) is 4.89. The summed E-state index contributed by atoms with van der Waals surface area (Å²) in [6.45, 7) is 8.68. The lowest BCUT2D eigenvalue weighted by atomic mass is 10.0. The van der Waals surface area contributed by atoms with E-state index in [1.54, 1.807) is 7.11 Å². The summed E-state index contributed by atoms with van der Waals surface area (Å²) in [7, 11) is 1.57. The zero-order valence-corrected chi connectivity index (χ0v) is 20.2. The van der Waals surface area contributed by atoms with Gasteiger partial charge in [0.05, 0.1) is 0 Å². The quantitative estimate of drug-likeness (QED) is 0.575. The molecule has 33 heavy (non-hydrogen) atoms. The van der Waals surface area contributed by atoms with Crippen molar-refractivity contribution in [3.05, 3.63) is 34.2 Å². The fraction of sp³-hybridized carbons (Fsp3) is 0.652. The summed E-state index contributed by atoms with van der Waals surface area (Å²) < 4.78 is 37.7. The van der Waals surface area contributed by atoms with Gasteiger partial charge >= 0.3 is 6.01 Å². The smallest absolute Gasteiger partial charge is 0.320 e. The van der Waals surface area contributed by atoms with E-state index in [1.807, 2.05) is 19.1 Å². The van der Waals surface area contributed by atoms with Crippen molar-refractivity contribution in [2.45, 2.75) is 58.2 Å². The lowest BCUT2D eigenvalue weighted by Gasteiger charge is -2.41. The third kappa shape index (κ3) is 6.20. The summed E-state index contributed by atoms with van der Waals surface area (Å²) in [6.07, 6.45) is 0.697. The van der Waals surface area contributed by atoms with Crippen LogP contribution in [0.25, 0.3) is 0 Å². The molecule has 1 saturated heterocycles. The van der Waals surface area contributed by atoms with E-state index in [9.17, 15) is 8.78 Å². The molecule has 2 aromatic rings. The molecule has 1 aliphatic heterocycles. The molecule has 2 atom stereocenters. The van der Waals surface area contributed by atoms with Gasteiger partial charge in [0.15, 0.2) is 0 Å². The number of alkyl halides is 2. The largest absolute Gasteiger partial charge is 0.405 e. The van der Waals surface area contributed by atoms with Crippen molar-refractivity contribution in [3.8, 4) is 0 Å². The first kappa shape index (κ1) is 24.3. The molecular weight excluding hydrogens is 452 g/mol. The van der Waals surface area contributed by atoms with E-state index in [-0.39, 0.29) is 31.4 Å². The van der Waals surface area contributed by atoms with Crippen molar-refractivity contribution in [3.63, 3.8) is 0 Å². The maximum absolute atomic E-state index is 13.6. The van der Waals surface area contributed by atoms with Crippen LogP contribution < -0.4 is 5.32 Å². The Bertz CT molecular complexity index is 957. The predicted molar refractivity (Wildman–Crippen MR) is 123 cm³/mol. The van der Waals surface area contributed by atoms with Gasteiger partial charge < -0.3 is 14.5 Å². The monoisotopic (exact) mass is 483 g/mol. The number of piperazine rings is 1. The number of nitrogens with zero attached hydrogens (tertiary/aromatic N) is 4. The van der Waals surface area contributed by atoms with Crippen molar-refractivity contribution >= 4 is 23.3 Å². The van der Waals surface area contributed by atoms with Crippen molar-refractivity contribution < 1.29 is 17.9 Å². The number of nitrogens with one attached hydrogen (secondary N) is 1. The van der Waals surface area contributed by atoms with E-state index in [2.05, 4.69) is 32.2 Å². The van der Waals surface area contributed by atoms with E-state index in [0.717, 1.165) is 49.5 Å². The summed E-state index contributed by atoms with van der Waals surface area (Å²) in [4.78, 5) is 4.77. The van der Waals surface area contributed by atoms with Gasteiger partial charge in [-0.2, -0.15) is 0 Å². The fourth-order valence-corrected chi connectivity index (χ4v) is 5.13. The number of hydrogen-bond acceptors (Lipinski definition) is 7. The molecule has 1 aromatic heterocycles. The Hall–Kier alpha value is -1.81. The molecule has 1 saturated carbocycles. The number of ether oxygens (including phenoxy) is 1. The highest BCUT2D eigenvalue weighted by Crippen LogP contribution is 2.39. The molecule has 2 fully saturated rings. The molecule has 2 heterocycles. The Morgan fingerprint density at radius 1 is 1.30 bits per heavy atom. The number of aromatic nitrogens is 2. The molecule has 0 amide bonds. The second-order valence-corrected chi connectivity index (χ2v) is 9.78. The number of hydrogen-bond donors (Lipinski definition) is 1. The van der Waals surface area contributed by atoms with Gasteiger partial charge in [0, 0.05) is 69.4 Å². The Morgan fingerprint density at radius 3 is 2.82 bits per heavy atom. The SMILES string of the molecule is COCc1nnc(Nc2cc(Cl)cc(CN3CCN(CC4CCC(F)(F)C4)[C@@H](C)C3)c2C)o1.